The van der Waals surface area contributed by atoms with E-state index in [4.69, 9.17) is 14.2 Å². The van der Waals surface area contributed by atoms with Gasteiger partial charge in [-0.2, -0.15) is 0 Å². The van der Waals surface area contributed by atoms with E-state index in [1.54, 1.807) is 32.3 Å². The van der Waals surface area contributed by atoms with Crippen molar-refractivity contribution in [1.29, 1.82) is 0 Å². The van der Waals surface area contributed by atoms with Gasteiger partial charge in [0.25, 0.3) is 6.43 Å². The molecule has 3 aromatic heterocycles. The number of carbonyl (C=O) groups excluding carboxylic acids is 2. The van der Waals surface area contributed by atoms with E-state index in [9.17, 15) is 23.5 Å². The normalized spacial score (nSPS) is 17.8. The molecular weight excluding hydrogens is 588 g/mol. The van der Waals surface area contributed by atoms with Crippen LogP contribution in [0.3, 0.4) is 0 Å². The van der Waals surface area contributed by atoms with Gasteiger partial charge < -0.3 is 29.5 Å². The van der Waals surface area contributed by atoms with Crippen LogP contribution in [-0.2, 0) is 24.6 Å². The van der Waals surface area contributed by atoms with Gasteiger partial charge in [-0.1, -0.05) is 0 Å². The topological polar surface area (TPSA) is 136 Å². The number of aryl methyl sites for hydroxylation is 1. The molecule has 0 saturated heterocycles. The van der Waals surface area contributed by atoms with Crippen LogP contribution >= 0.6 is 0 Å². The molecule has 13 heteroatoms. The van der Waals surface area contributed by atoms with Crippen molar-refractivity contribution in [1.82, 2.24) is 19.9 Å². The molecule has 45 heavy (non-hydrogen) atoms. The van der Waals surface area contributed by atoms with Crippen LogP contribution in [0.2, 0.25) is 0 Å². The molecule has 0 aliphatic heterocycles. The van der Waals surface area contributed by atoms with Crippen LogP contribution in [0.1, 0.15) is 55.9 Å². The lowest BCUT2D eigenvalue weighted by molar-refractivity contribution is -0.159. The van der Waals surface area contributed by atoms with Crippen molar-refractivity contribution in [2.45, 2.75) is 51.6 Å². The summed E-state index contributed by atoms with van der Waals surface area (Å²) in [6, 6.07) is 9.80. The number of carbonyl (C=O) groups is 2. The number of hydrogen-bond acceptors (Lipinski definition) is 10. The minimum Gasteiger partial charge on any atom is -0.428 e. The van der Waals surface area contributed by atoms with Crippen molar-refractivity contribution in [3.8, 4) is 11.3 Å². The minimum absolute atomic E-state index is 0.128. The number of anilines is 2. The molecule has 1 saturated carbocycles. The molecule has 1 aliphatic carbocycles. The van der Waals surface area contributed by atoms with Gasteiger partial charge in [0, 0.05) is 44.2 Å². The molecule has 0 spiro atoms. The highest BCUT2D eigenvalue weighted by Gasteiger charge is 2.39. The number of likely N-dealkylation sites (N-methyl/N-ethyl adjacent to an activating group) is 1. The first-order valence-electron chi connectivity index (χ1n) is 14.7. The molecule has 2 N–H and O–H groups in total. The predicted molar refractivity (Wildman–Crippen MR) is 162 cm³/mol. The maximum Gasteiger partial charge on any atom is 0.412 e. The Balaban J connectivity index is 1.33. The molecule has 242 valence electrons. The molecule has 0 aromatic carbocycles. The van der Waals surface area contributed by atoms with Gasteiger partial charge in [0.15, 0.2) is 0 Å². The van der Waals surface area contributed by atoms with Crippen LogP contribution in [-0.4, -0.2) is 71.1 Å². The molecule has 3 heterocycles. The molecule has 1 aliphatic rings. The van der Waals surface area contributed by atoms with Gasteiger partial charge in [0.05, 0.1) is 23.9 Å². The molecule has 0 radical (unpaired) electrons. The van der Waals surface area contributed by atoms with Crippen LogP contribution in [0.15, 0.2) is 48.8 Å². The number of methoxy groups -OCH3 is 1. The molecule has 11 nitrogen and oxygen atoms in total. The monoisotopic (exact) mass is 627 g/mol. The Morgan fingerprint density at radius 3 is 2.51 bits per heavy atom. The van der Waals surface area contributed by atoms with E-state index in [2.05, 4.69) is 20.3 Å². The summed E-state index contributed by atoms with van der Waals surface area (Å²) in [6.45, 7) is 3.88. The largest absolute Gasteiger partial charge is 0.428 e. The minimum atomic E-state index is -2.61. The first-order valence-corrected chi connectivity index (χ1v) is 14.7. The van der Waals surface area contributed by atoms with Gasteiger partial charge in [-0.05, 0) is 87.4 Å². The van der Waals surface area contributed by atoms with Gasteiger partial charge in [-0.3, -0.25) is 9.78 Å². The maximum absolute atomic E-state index is 13.1. The number of amides is 1. The number of esters is 1. The molecule has 1 fully saturated rings. The van der Waals surface area contributed by atoms with Crippen LogP contribution < -0.4 is 5.32 Å². The quantitative estimate of drug-likeness (QED) is 0.189. The fourth-order valence-corrected chi connectivity index (χ4v) is 5.29. The molecule has 4 rings (SSSR count). The number of pyridine rings is 3. The zero-order chi connectivity index (χ0) is 32.6. The number of aromatic nitrogens is 3. The van der Waals surface area contributed by atoms with Crippen LogP contribution in [0.5, 0.6) is 0 Å². The third-order valence-corrected chi connectivity index (χ3v) is 8.02. The van der Waals surface area contributed by atoms with Gasteiger partial charge in [0.2, 0.25) is 6.79 Å². The standard InChI is InChI=1S/C32H39F2N5O6/c1-20-15-25(37-28(16-20)38-27-17-22(29(33)34)11-12-35-27)23-7-10-26(36-18-23)32(2,42)24-8-5-21(6-9-24)30(40)44-19-45-31(41)39(3)13-14-43-4/h7,10-12,15-18,21,24,29,42H,5-6,8-9,13-14,19H2,1-4H3,(H,35,37,38)/t21-,24-,32-/m1/s1. The number of rotatable bonds is 12. The predicted octanol–water partition coefficient (Wildman–Crippen LogP) is 5.76. The maximum atomic E-state index is 13.1. The highest BCUT2D eigenvalue weighted by molar-refractivity contribution is 5.73. The Morgan fingerprint density at radius 2 is 1.84 bits per heavy atom. The summed E-state index contributed by atoms with van der Waals surface area (Å²) in [7, 11) is 3.09. The van der Waals surface area contributed by atoms with Crippen molar-refractivity contribution in [2.24, 2.45) is 11.8 Å². The summed E-state index contributed by atoms with van der Waals surface area (Å²) in [5.74, 6) is -0.200. The zero-order valence-corrected chi connectivity index (χ0v) is 25.8. The van der Waals surface area contributed by atoms with Gasteiger partial charge in [0.1, 0.15) is 17.2 Å². The van der Waals surface area contributed by atoms with Crippen LogP contribution in [0, 0.1) is 18.8 Å². The Kier molecular flexibility index (Phi) is 11.3. The van der Waals surface area contributed by atoms with Crippen molar-refractivity contribution < 1.29 is 37.7 Å². The fraction of sp³-hybridized carbons (Fsp3) is 0.469. The Hall–Kier alpha value is -4.23. The molecule has 0 unspecified atom stereocenters. The average molecular weight is 628 g/mol. The zero-order valence-electron chi connectivity index (χ0n) is 25.8. The second kappa shape index (κ2) is 15.2. The molecule has 1 atom stereocenters. The highest BCUT2D eigenvalue weighted by Crippen LogP contribution is 2.41. The number of hydrogen-bond donors (Lipinski definition) is 2. The molecule has 3 aromatic rings. The third kappa shape index (κ3) is 8.92. The first-order chi connectivity index (χ1) is 21.5. The van der Waals surface area contributed by atoms with E-state index in [0.29, 0.717) is 61.6 Å². The average Bonchev–Trinajstić information content (AvgIpc) is 3.03. The second-order valence-electron chi connectivity index (χ2n) is 11.3. The number of halogens is 2. The fourth-order valence-electron chi connectivity index (χ4n) is 5.29. The highest BCUT2D eigenvalue weighted by atomic mass is 19.3. The lowest BCUT2D eigenvalue weighted by Crippen LogP contribution is -2.37. The molecule has 1 amide bonds. The van der Waals surface area contributed by atoms with E-state index >= 15 is 0 Å². The van der Waals surface area contributed by atoms with E-state index in [1.165, 1.54) is 30.3 Å². The van der Waals surface area contributed by atoms with Crippen molar-refractivity contribution in [2.75, 3.05) is 39.4 Å². The number of nitrogens with one attached hydrogen (secondary N) is 1. The summed E-state index contributed by atoms with van der Waals surface area (Å²) in [6.07, 6.45) is 1.97. The Bertz CT molecular complexity index is 1450. The van der Waals surface area contributed by atoms with Crippen LogP contribution in [0.25, 0.3) is 11.3 Å². The van der Waals surface area contributed by atoms with Crippen molar-refractivity contribution in [3.05, 3.63) is 65.6 Å². The summed E-state index contributed by atoms with van der Waals surface area (Å²) in [5, 5.41) is 14.5. The van der Waals surface area contributed by atoms with E-state index in [-0.39, 0.29) is 23.2 Å². The van der Waals surface area contributed by atoms with E-state index in [0.717, 1.165) is 5.56 Å². The number of alkyl halides is 2. The lowest BCUT2D eigenvalue weighted by Gasteiger charge is -2.37. The second-order valence-corrected chi connectivity index (χ2v) is 11.3. The summed E-state index contributed by atoms with van der Waals surface area (Å²) in [5.41, 5.74) is 1.36. The molecule has 0 bridgehead atoms. The SMILES string of the molecule is COCCN(C)C(=O)OCOC(=O)[C@H]1CC[C@H]([C@@](C)(O)c2ccc(-c3cc(C)cc(Nc4cc(C(F)F)ccn4)n3)cn2)CC1. The summed E-state index contributed by atoms with van der Waals surface area (Å²) in [4.78, 5) is 39.1. The molecular formula is C32H39F2N5O6. The number of ether oxygens (including phenoxy) is 3. The van der Waals surface area contributed by atoms with Gasteiger partial charge in [-0.25, -0.2) is 23.5 Å². The summed E-state index contributed by atoms with van der Waals surface area (Å²) < 4.78 is 41.3. The van der Waals surface area contributed by atoms with Gasteiger partial charge >= 0.3 is 12.1 Å². The van der Waals surface area contributed by atoms with E-state index < -0.39 is 30.9 Å². The number of aliphatic hydroxyl groups is 1. The Morgan fingerprint density at radius 1 is 1.09 bits per heavy atom. The lowest BCUT2D eigenvalue weighted by atomic mass is 9.73. The van der Waals surface area contributed by atoms with Gasteiger partial charge in [-0.15, -0.1) is 0 Å². The van der Waals surface area contributed by atoms with E-state index in [1.807, 2.05) is 19.1 Å². The smallest absolute Gasteiger partial charge is 0.412 e. The van der Waals surface area contributed by atoms with Crippen molar-refractivity contribution in [3.63, 3.8) is 0 Å². The number of nitrogens with zero attached hydrogens (tertiary/aromatic N) is 4. The van der Waals surface area contributed by atoms with Crippen LogP contribution in [0.4, 0.5) is 25.2 Å². The Labute approximate surface area is 261 Å². The summed E-state index contributed by atoms with van der Waals surface area (Å²) >= 11 is 0. The third-order valence-electron chi connectivity index (χ3n) is 8.02. The van der Waals surface area contributed by atoms with Crippen molar-refractivity contribution >= 4 is 23.7 Å². The first kappa shape index (κ1) is 33.7.